The zero-order valence-electron chi connectivity index (χ0n) is 14.2. The summed E-state index contributed by atoms with van der Waals surface area (Å²) in [5.74, 6) is 0.742. The summed E-state index contributed by atoms with van der Waals surface area (Å²) in [5, 5.41) is 2.58. The van der Waals surface area contributed by atoms with Crippen molar-refractivity contribution >= 4 is 27.3 Å². The maximum atomic E-state index is 12.5. The van der Waals surface area contributed by atoms with Crippen LogP contribution in [0.1, 0.15) is 13.8 Å². The standard InChI is InChI=1S/C17H20N2O5S/c1-4-24-16-10-7-14(11-17(16)23-3)19-25(21,22)15-8-5-13(6-9-15)18-12(2)20/h5-11,19H,4H2,1-3H3,(H,18,20). The Morgan fingerprint density at radius 2 is 1.68 bits per heavy atom. The molecule has 0 aliphatic heterocycles. The van der Waals surface area contributed by atoms with Crippen LogP contribution in [-0.4, -0.2) is 28.0 Å². The van der Waals surface area contributed by atoms with Gasteiger partial charge in [-0.1, -0.05) is 0 Å². The molecule has 1 amide bonds. The normalized spacial score (nSPS) is 10.8. The number of amides is 1. The SMILES string of the molecule is CCOc1ccc(NS(=O)(=O)c2ccc(NC(C)=O)cc2)cc1OC. The Kier molecular flexibility index (Phi) is 5.87. The number of anilines is 2. The fourth-order valence-corrected chi connectivity index (χ4v) is 3.19. The third-order valence-electron chi connectivity index (χ3n) is 3.20. The van der Waals surface area contributed by atoms with Gasteiger partial charge in [0, 0.05) is 18.7 Å². The highest BCUT2D eigenvalue weighted by Crippen LogP contribution is 2.31. The van der Waals surface area contributed by atoms with Gasteiger partial charge in [-0.2, -0.15) is 0 Å². The highest BCUT2D eigenvalue weighted by molar-refractivity contribution is 7.92. The van der Waals surface area contributed by atoms with E-state index in [0.717, 1.165) is 0 Å². The van der Waals surface area contributed by atoms with Crippen molar-refractivity contribution in [1.29, 1.82) is 0 Å². The van der Waals surface area contributed by atoms with E-state index in [1.54, 1.807) is 18.2 Å². The second kappa shape index (κ2) is 7.89. The lowest BCUT2D eigenvalue weighted by molar-refractivity contribution is -0.114. The molecule has 134 valence electrons. The second-order valence-corrected chi connectivity index (χ2v) is 6.79. The van der Waals surface area contributed by atoms with Crippen molar-refractivity contribution in [2.75, 3.05) is 23.8 Å². The average molecular weight is 364 g/mol. The number of hydrogen-bond acceptors (Lipinski definition) is 5. The molecular formula is C17H20N2O5S. The number of sulfonamides is 1. The molecule has 2 aromatic rings. The summed E-state index contributed by atoms with van der Waals surface area (Å²) in [6, 6.07) is 10.7. The lowest BCUT2D eigenvalue weighted by atomic mass is 10.3. The van der Waals surface area contributed by atoms with Crippen LogP contribution in [0.5, 0.6) is 11.5 Å². The molecule has 0 saturated heterocycles. The lowest BCUT2D eigenvalue weighted by Crippen LogP contribution is -2.13. The molecule has 0 unspecified atom stereocenters. The molecule has 0 fully saturated rings. The number of nitrogens with one attached hydrogen (secondary N) is 2. The zero-order chi connectivity index (χ0) is 18.4. The Morgan fingerprint density at radius 3 is 2.24 bits per heavy atom. The van der Waals surface area contributed by atoms with Gasteiger partial charge in [-0.05, 0) is 43.3 Å². The quantitative estimate of drug-likeness (QED) is 0.788. The molecule has 0 atom stereocenters. The zero-order valence-corrected chi connectivity index (χ0v) is 15.0. The number of hydrogen-bond donors (Lipinski definition) is 2. The molecular weight excluding hydrogens is 344 g/mol. The van der Waals surface area contributed by atoms with Crippen molar-refractivity contribution in [3.8, 4) is 11.5 Å². The molecule has 0 bridgehead atoms. The second-order valence-electron chi connectivity index (χ2n) is 5.11. The van der Waals surface area contributed by atoms with Gasteiger partial charge < -0.3 is 14.8 Å². The maximum absolute atomic E-state index is 12.5. The molecule has 0 saturated carbocycles. The van der Waals surface area contributed by atoms with E-state index in [4.69, 9.17) is 9.47 Å². The largest absolute Gasteiger partial charge is 0.493 e. The Hall–Kier alpha value is -2.74. The Labute approximate surface area is 147 Å². The molecule has 7 nitrogen and oxygen atoms in total. The number of carbonyl (C=O) groups is 1. The molecule has 25 heavy (non-hydrogen) atoms. The molecule has 2 rings (SSSR count). The van der Waals surface area contributed by atoms with Crippen LogP contribution >= 0.6 is 0 Å². The van der Waals surface area contributed by atoms with Crippen LogP contribution in [0.25, 0.3) is 0 Å². The first-order valence-electron chi connectivity index (χ1n) is 7.57. The van der Waals surface area contributed by atoms with Gasteiger partial charge in [0.05, 0.1) is 24.3 Å². The summed E-state index contributed by atoms with van der Waals surface area (Å²) in [4.78, 5) is 11.1. The predicted molar refractivity (Wildman–Crippen MR) is 95.7 cm³/mol. The van der Waals surface area contributed by atoms with Crippen molar-refractivity contribution < 1.29 is 22.7 Å². The van der Waals surface area contributed by atoms with Gasteiger partial charge in [0.15, 0.2) is 11.5 Å². The van der Waals surface area contributed by atoms with Crippen LogP contribution < -0.4 is 19.5 Å². The third-order valence-corrected chi connectivity index (χ3v) is 4.60. The number of rotatable bonds is 7. The van der Waals surface area contributed by atoms with E-state index in [1.807, 2.05) is 6.92 Å². The summed E-state index contributed by atoms with van der Waals surface area (Å²) < 4.78 is 38.1. The summed E-state index contributed by atoms with van der Waals surface area (Å²) in [7, 11) is -2.28. The number of carbonyl (C=O) groups excluding carboxylic acids is 1. The van der Waals surface area contributed by atoms with Crippen LogP contribution in [-0.2, 0) is 14.8 Å². The first kappa shape index (κ1) is 18.6. The fourth-order valence-electron chi connectivity index (χ4n) is 2.14. The van der Waals surface area contributed by atoms with E-state index in [-0.39, 0.29) is 10.8 Å². The fraction of sp³-hybridized carbons (Fsp3) is 0.235. The van der Waals surface area contributed by atoms with E-state index in [0.29, 0.717) is 29.5 Å². The monoisotopic (exact) mass is 364 g/mol. The molecule has 0 heterocycles. The van der Waals surface area contributed by atoms with Gasteiger partial charge in [0.1, 0.15) is 0 Å². The summed E-state index contributed by atoms with van der Waals surface area (Å²) in [5.41, 5.74) is 0.875. The Balaban J connectivity index is 2.22. The van der Waals surface area contributed by atoms with Crippen LogP contribution in [0.15, 0.2) is 47.4 Å². The minimum atomic E-state index is -3.77. The molecule has 8 heteroatoms. The minimum absolute atomic E-state index is 0.0782. The van der Waals surface area contributed by atoms with E-state index in [1.165, 1.54) is 38.3 Å². The van der Waals surface area contributed by atoms with Gasteiger partial charge in [0.25, 0.3) is 10.0 Å². The minimum Gasteiger partial charge on any atom is -0.493 e. The lowest BCUT2D eigenvalue weighted by Gasteiger charge is -2.13. The first-order valence-corrected chi connectivity index (χ1v) is 9.05. The van der Waals surface area contributed by atoms with Crippen LogP contribution in [0.3, 0.4) is 0 Å². The maximum Gasteiger partial charge on any atom is 0.261 e. The van der Waals surface area contributed by atoms with Gasteiger partial charge in [0.2, 0.25) is 5.91 Å². The number of methoxy groups -OCH3 is 1. The molecule has 2 N–H and O–H groups in total. The van der Waals surface area contributed by atoms with Crippen LogP contribution in [0, 0.1) is 0 Å². The molecule has 0 spiro atoms. The van der Waals surface area contributed by atoms with E-state index in [9.17, 15) is 13.2 Å². The van der Waals surface area contributed by atoms with Gasteiger partial charge >= 0.3 is 0 Å². The average Bonchev–Trinajstić information content (AvgIpc) is 2.56. The van der Waals surface area contributed by atoms with Gasteiger partial charge in [-0.3, -0.25) is 9.52 Å². The molecule has 0 aromatic heterocycles. The number of benzene rings is 2. The third kappa shape index (κ3) is 4.87. The van der Waals surface area contributed by atoms with E-state index >= 15 is 0 Å². The molecule has 0 aliphatic carbocycles. The van der Waals surface area contributed by atoms with Crippen molar-refractivity contribution in [1.82, 2.24) is 0 Å². The Morgan fingerprint density at radius 1 is 1.04 bits per heavy atom. The van der Waals surface area contributed by atoms with Crippen LogP contribution in [0.2, 0.25) is 0 Å². The van der Waals surface area contributed by atoms with E-state index in [2.05, 4.69) is 10.0 Å². The summed E-state index contributed by atoms with van der Waals surface area (Å²) in [6.07, 6.45) is 0. The van der Waals surface area contributed by atoms with Crippen molar-refractivity contribution in [3.05, 3.63) is 42.5 Å². The topological polar surface area (TPSA) is 93.7 Å². The number of ether oxygens (including phenoxy) is 2. The van der Waals surface area contributed by atoms with E-state index < -0.39 is 10.0 Å². The van der Waals surface area contributed by atoms with Gasteiger partial charge in [-0.15, -0.1) is 0 Å². The Bertz CT molecular complexity index is 848. The molecule has 0 radical (unpaired) electrons. The molecule has 0 aliphatic rings. The summed E-state index contributed by atoms with van der Waals surface area (Å²) in [6.45, 7) is 3.70. The highest BCUT2D eigenvalue weighted by atomic mass is 32.2. The van der Waals surface area contributed by atoms with Gasteiger partial charge in [-0.25, -0.2) is 8.42 Å². The predicted octanol–water partition coefficient (Wildman–Crippen LogP) is 2.85. The summed E-state index contributed by atoms with van der Waals surface area (Å²) >= 11 is 0. The first-order chi connectivity index (χ1) is 11.9. The smallest absolute Gasteiger partial charge is 0.261 e. The van der Waals surface area contributed by atoms with Crippen LogP contribution in [0.4, 0.5) is 11.4 Å². The molecule has 2 aromatic carbocycles. The van der Waals surface area contributed by atoms with Crippen molar-refractivity contribution in [2.24, 2.45) is 0 Å². The van der Waals surface area contributed by atoms with Crippen molar-refractivity contribution in [2.45, 2.75) is 18.7 Å². The van der Waals surface area contributed by atoms with Crippen molar-refractivity contribution in [3.63, 3.8) is 0 Å². The highest BCUT2D eigenvalue weighted by Gasteiger charge is 2.15.